The van der Waals surface area contributed by atoms with Crippen LogP contribution >= 0.6 is 12.4 Å². The fourth-order valence-electron chi connectivity index (χ4n) is 1.52. The van der Waals surface area contributed by atoms with Gasteiger partial charge in [0.25, 0.3) is 0 Å². The molecule has 1 heterocycles. The first-order chi connectivity index (χ1) is 6.29. The summed E-state index contributed by atoms with van der Waals surface area (Å²) in [5.41, 5.74) is 8.02. The van der Waals surface area contributed by atoms with E-state index >= 15 is 0 Å². The molecule has 0 amide bonds. The molecule has 74 valence electrons. The second-order valence-electron chi connectivity index (χ2n) is 3.21. The Morgan fingerprint density at radius 2 is 1.93 bits per heavy atom. The van der Waals surface area contributed by atoms with E-state index in [1.807, 2.05) is 31.2 Å². The van der Waals surface area contributed by atoms with Gasteiger partial charge in [-0.25, -0.2) is 0 Å². The molecule has 1 atom stereocenters. The maximum atomic E-state index is 5.85. The van der Waals surface area contributed by atoms with Crippen LogP contribution < -0.4 is 5.73 Å². The SMILES string of the molecule is CC(N)c1ccnc2ccccc12.Cl. The molecule has 1 aromatic heterocycles. The summed E-state index contributed by atoms with van der Waals surface area (Å²) in [4.78, 5) is 4.27. The van der Waals surface area contributed by atoms with Crippen LogP contribution in [0.25, 0.3) is 10.9 Å². The van der Waals surface area contributed by atoms with Crippen molar-refractivity contribution in [2.75, 3.05) is 0 Å². The van der Waals surface area contributed by atoms with Gasteiger partial charge in [-0.3, -0.25) is 4.98 Å². The van der Waals surface area contributed by atoms with Crippen molar-refractivity contribution in [2.24, 2.45) is 5.73 Å². The Morgan fingerprint density at radius 3 is 2.64 bits per heavy atom. The average Bonchev–Trinajstić information content (AvgIpc) is 2.17. The molecular formula is C11H13ClN2. The van der Waals surface area contributed by atoms with Gasteiger partial charge in [-0.15, -0.1) is 12.4 Å². The third-order valence-corrected chi connectivity index (χ3v) is 2.17. The lowest BCUT2D eigenvalue weighted by molar-refractivity contribution is 0.825. The van der Waals surface area contributed by atoms with E-state index in [-0.39, 0.29) is 18.4 Å². The van der Waals surface area contributed by atoms with Crippen molar-refractivity contribution < 1.29 is 0 Å². The van der Waals surface area contributed by atoms with Crippen LogP contribution in [0.5, 0.6) is 0 Å². The number of halogens is 1. The number of rotatable bonds is 1. The summed E-state index contributed by atoms with van der Waals surface area (Å²) in [7, 11) is 0. The Morgan fingerprint density at radius 1 is 1.21 bits per heavy atom. The molecule has 1 unspecified atom stereocenters. The van der Waals surface area contributed by atoms with Crippen LogP contribution in [0.4, 0.5) is 0 Å². The number of benzene rings is 1. The zero-order valence-corrected chi connectivity index (χ0v) is 8.79. The van der Waals surface area contributed by atoms with Crippen LogP contribution in [-0.4, -0.2) is 4.98 Å². The number of fused-ring (bicyclic) bond motifs is 1. The molecule has 2 aromatic rings. The summed E-state index contributed by atoms with van der Waals surface area (Å²) in [6.07, 6.45) is 1.81. The smallest absolute Gasteiger partial charge is 0.0705 e. The maximum Gasteiger partial charge on any atom is 0.0705 e. The maximum absolute atomic E-state index is 5.85. The summed E-state index contributed by atoms with van der Waals surface area (Å²) in [5, 5.41) is 1.15. The summed E-state index contributed by atoms with van der Waals surface area (Å²) in [5.74, 6) is 0. The van der Waals surface area contributed by atoms with Gasteiger partial charge >= 0.3 is 0 Å². The molecule has 0 bridgehead atoms. The predicted molar refractivity (Wildman–Crippen MR) is 61.6 cm³/mol. The van der Waals surface area contributed by atoms with Crippen molar-refractivity contribution in [1.29, 1.82) is 0 Å². The molecule has 0 saturated heterocycles. The number of aromatic nitrogens is 1. The number of hydrogen-bond acceptors (Lipinski definition) is 2. The number of para-hydroxylation sites is 1. The van der Waals surface area contributed by atoms with Crippen LogP contribution in [0.1, 0.15) is 18.5 Å². The number of nitrogens with two attached hydrogens (primary N) is 1. The monoisotopic (exact) mass is 208 g/mol. The largest absolute Gasteiger partial charge is 0.324 e. The normalized spacial score (nSPS) is 12.1. The van der Waals surface area contributed by atoms with Crippen molar-refractivity contribution in [3.8, 4) is 0 Å². The molecule has 2 nitrogen and oxygen atoms in total. The molecule has 0 aliphatic heterocycles. The zero-order chi connectivity index (χ0) is 9.26. The highest BCUT2D eigenvalue weighted by Crippen LogP contribution is 2.20. The summed E-state index contributed by atoms with van der Waals surface area (Å²) < 4.78 is 0. The van der Waals surface area contributed by atoms with Gasteiger partial charge < -0.3 is 5.73 Å². The molecule has 2 rings (SSSR count). The minimum absolute atomic E-state index is 0. The Kier molecular flexibility index (Phi) is 3.44. The van der Waals surface area contributed by atoms with Crippen molar-refractivity contribution in [2.45, 2.75) is 13.0 Å². The van der Waals surface area contributed by atoms with E-state index in [2.05, 4.69) is 11.1 Å². The lowest BCUT2D eigenvalue weighted by atomic mass is 10.0. The van der Waals surface area contributed by atoms with E-state index < -0.39 is 0 Å². The van der Waals surface area contributed by atoms with Crippen molar-refractivity contribution >= 4 is 23.3 Å². The average molecular weight is 209 g/mol. The number of pyridine rings is 1. The first-order valence-corrected chi connectivity index (χ1v) is 4.38. The van der Waals surface area contributed by atoms with E-state index in [0.29, 0.717) is 0 Å². The molecule has 0 aliphatic rings. The molecule has 14 heavy (non-hydrogen) atoms. The topological polar surface area (TPSA) is 38.9 Å². The molecule has 2 N–H and O–H groups in total. The third-order valence-electron chi connectivity index (χ3n) is 2.17. The highest BCUT2D eigenvalue weighted by Gasteiger charge is 2.03. The highest BCUT2D eigenvalue weighted by atomic mass is 35.5. The van der Waals surface area contributed by atoms with Gasteiger partial charge in [0.1, 0.15) is 0 Å². The number of nitrogens with zero attached hydrogens (tertiary/aromatic N) is 1. The minimum Gasteiger partial charge on any atom is -0.324 e. The Hall–Kier alpha value is -1.12. The molecule has 1 aromatic carbocycles. The Labute approximate surface area is 89.6 Å². The molecule has 3 heteroatoms. The van der Waals surface area contributed by atoms with Crippen molar-refractivity contribution in [3.63, 3.8) is 0 Å². The zero-order valence-electron chi connectivity index (χ0n) is 7.97. The molecule has 0 fully saturated rings. The quantitative estimate of drug-likeness (QED) is 0.783. The fraction of sp³-hybridized carbons (Fsp3) is 0.182. The molecule has 0 radical (unpaired) electrons. The fourth-order valence-corrected chi connectivity index (χ4v) is 1.52. The van der Waals surface area contributed by atoms with Gasteiger partial charge in [-0.05, 0) is 24.6 Å². The second-order valence-corrected chi connectivity index (χ2v) is 3.21. The van der Waals surface area contributed by atoms with E-state index in [1.54, 1.807) is 6.20 Å². The van der Waals surface area contributed by atoms with E-state index in [4.69, 9.17) is 5.73 Å². The lowest BCUT2D eigenvalue weighted by Gasteiger charge is -2.08. The minimum atomic E-state index is 0. The molecule has 0 saturated carbocycles. The number of hydrogen-bond donors (Lipinski definition) is 1. The van der Waals surface area contributed by atoms with Gasteiger partial charge in [-0.2, -0.15) is 0 Å². The van der Waals surface area contributed by atoms with E-state index in [1.165, 1.54) is 0 Å². The van der Waals surface area contributed by atoms with Crippen LogP contribution in [0.3, 0.4) is 0 Å². The van der Waals surface area contributed by atoms with Crippen LogP contribution in [0.2, 0.25) is 0 Å². The summed E-state index contributed by atoms with van der Waals surface area (Å²) in [6.45, 7) is 1.99. The van der Waals surface area contributed by atoms with Gasteiger partial charge in [0.15, 0.2) is 0 Å². The predicted octanol–water partition coefficient (Wildman–Crippen LogP) is 2.68. The van der Waals surface area contributed by atoms with Crippen LogP contribution in [0, 0.1) is 0 Å². The van der Waals surface area contributed by atoms with Gasteiger partial charge in [0.2, 0.25) is 0 Å². The first-order valence-electron chi connectivity index (χ1n) is 4.38. The third kappa shape index (κ3) is 1.86. The van der Waals surface area contributed by atoms with Crippen molar-refractivity contribution in [1.82, 2.24) is 4.98 Å². The molecule has 0 aliphatic carbocycles. The lowest BCUT2D eigenvalue weighted by Crippen LogP contribution is -2.05. The van der Waals surface area contributed by atoms with Crippen LogP contribution in [-0.2, 0) is 0 Å². The van der Waals surface area contributed by atoms with Crippen LogP contribution in [0.15, 0.2) is 36.5 Å². The molecule has 0 spiro atoms. The molecular weight excluding hydrogens is 196 g/mol. The van der Waals surface area contributed by atoms with Gasteiger partial charge in [0.05, 0.1) is 5.52 Å². The van der Waals surface area contributed by atoms with E-state index in [9.17, 15) is 0 Å². The van der Waals surface area contributed by atoms with Crippen molar-refractivity contribution in [3.05, 3.63) is 42.1 Å². The first kappa shape index (κ1) is 11.0. The Bertz CT molecular complexity index is 421. The Balaban J connectivity index is 0.000000980. The summed E-state index contributed by atoms with van der Waals surface area (Å²) >= 11 is 0. The summed E-state index contributed by atoms with van der Waals surface area (Å²) in [6, 6.07) is 10.1. The van der Waals surface area contributed by atoms with Gasteiger partial charge in [-0.1, -0.05) is 18.2 Å². The highest BCUT2D eigenvalue weighted by molar-refractivity contribution is 5.85. The van der Waals surface area contributed by atoms with Gasteiger partial charge in [0, 0.05) is 17.6 Å². The standard InChI is InChI=1S/C11H12N2.ClH/c1-8(12)9-6-7-13-11-5-3-2-4-10(9)11;/h2-8H,12H2,1H3;1H. The van der Waals surface area contributed by atoms with E-state index in [0.717, 1.165) is 16.5 Å². The second kappa shape index (κ2) is 4.40.